The number of fused-ring (bicyclic) bond motifs is 1. The van der Waals surface area contributed by atoms with Gasteiger partial charge in [0.2, 0.25) is 5.95 Å². The number of benzene rings is 1. The molecule has 0 bridgehead atoms. The highest BCUT2D eigenvalue weighted by molar-refractivity contribution is 5.50. The number of nitrogens with two attached hydrogens (primary N) is 1. The summed E-state index contributed by atoms with van der Waals surface area (Å²) in [5.74, 6) is 2.72. The van der Waals surface area contributed by atoms with Crippen LogP contribution in [-0.4, -0.2) is 41.5 Å². The summed E-state index contributed by atoms with van der Waals surface area (Å²) in [6.45, 7) is 7.61. The third-order valence-corrected chi connectivity index (χ3v) is 5.94. The first-order chi connectivity index (χ1) is 12.1. The van der Waals surface area contributed by atoms with E-state index in [1.54, 1.807) is 0 Å². The maximum atomic E-state index is 5.87. The van der Waals surface area contributed by atoms with Gasteiger partial charge in [-0.2, -0.15) is 4.98 Å². The maximum Gasteiger partial charge on any atom is 0.221 e. The minimum Gasteiger partial charge on any atom is -0.368 e. The smallest absolute Gasteiger partial charge is 0.221 e. The summed E-state index contributed by atoms with van der Waals surface area (Å²) in [5, 5.41) is 0. The molecule has 2 aliphatic rings. The molecule has 2 fully saturated rings. The highest BCUT2D eigenvalue weighted by atomic mass is 15.3. The van der Waals surface area contributed by atoms with E-state index in [0.717, 1.165) is 31.9 Å². The second-order valence-corrected chi connectivity index (χ2v) is 7.50. The summed E-state index contributed by atoms with van der Waals surface area (Å²) in [7, 11) is 2.26. The molecule has 0 unspecified atom stereocenters. The van der Waals surface area contributed by atoms with Crippen LogP contribution in [-0.2, 0) is 6.42 Å². The number of aromatic nitrogens is 2. The fourth-order valence-electron chi connectivity index (χ4n) is 4.75. The predicted molar refractivity (Wildman–Crippen MR) is 102 cm³/mol. The molecule has 4 rings (SSSR count). The molecule has 0 saturated carbocycles. The van der Waals surface area contributed by atoms with Crippen molar-refractivity contribution < 1.29 is 0 Å². The van der Waals surface area contributed by atoms with Gasteiger partial charge >= 0.3 is 0 Å². The van der Waals surface area contributed by atoms with Gasteiger partial charge in [-0.1, -0.05) is 31.2 Å². The maximum absolute atomic E-state index is 5.87. The minimum absolute atomic E-state index is 0.372. The van der Waals surface area contributed by atoms with Gasteiger partial charge in [-0.25, -0.2) is 4.98 Å². The number of rotatable bonds is 3. The zero-order valence-electron chi connectivity index (χ0n) is 15.3. The molecule has 5 heteroatoms. The van der Waals surface area contributed by atoms with Gasteiger partial charge in [0, 0.05) is 43.4 Å². The molecule has 3 heterocycles. The number of anilines is 2. The van der Waals surface area contributed by atoms with Crippen molar-refractivity contribution in [2.24, 2.45) is 11.8 Å². The second kappa shape index (κ2) is 6.30. The van der Waals surface area contributed by atoms with E-state index in [0.29, 0.717) is 23.8 Å². The molecule has 25 heavy (non-hydrogen) atoms. The third kappa shape index (κ3) is 2.76. The number of aryl methyl sites for hydroxylation is 2. The van der Waals surface area contributed by atoms with Crippen LogP contribution in [0.5, 0.6) is 0 Å². The molecular formula is C20H27N5. The molecule has 132 valence electrons. The molecule has 2 saturated heterocycles. The van der Waals surface area contributed by atoms with Gasteiger partial charge in [-0.05, 0) is 37.4 Å². The Morgan fingerprint density at radius 1 is 1.20 bits per heavy atom. The molecule has 1 aromatic heterocycles. The second-order valence-electron chi connectivity index (χ2n) is 7.50. The predicted octanol–water partition coefficient (Wildman–Crippen LogP) is 2.67. The minimum atomic E-state index is 0.372. The molecule has 0 amide bonds. The fourth-order valence-corrected chi connectivity index (χ4v) is 4.75. The van der Waals surface area contributed by atoms with E-state index in [4.69, 9.17) is 5.73 Å². The van der Waals surface area contributed by atoms with Gasteiger partial charge in [0.15, 0.2) is 0 Å². The Morgan fingerprint density at radius 2 is 2.00 bits per heavy atom. The summed E-state index contributed by atoms with van der Waals surface area (Å²) in [5.41, 5.74) is 9.92. The van der Waals surface area contributed by atoms with Crippen LogP contribution in [0.25, 0.3) is 0 Å². The van der Waals surface area contributed by atoms with Crippen molar-refractivity contribution in [2.75, 3.05) is 37.3 Å². The van der Waals surface area contributed by atoms with E-state index in [1.165, 1.54) is 16.7 Å². The third-order valence-electron chi connectivity index (χ3n) is 5.94. The van der Waals surface area contributed by atoms with Crippen molar-refractivity contribution in [1.82, 2.24) is 14.9 Å². The number of nitrogens with zero attached hydrogens (tertiary/aromatic N) is 4. The Morgan fingerprint density at radius 3 is 2.76 bits per heavy atom. The molecule has 3 atom stereocenters. The zero-order valence-corrected chi connectivity index (χ0v) is 15.3. The molecule has 2 N–H and O–H groups in total. The van der Waals surface area contributed by atoms with Gasteiger partial charge in [0.05, 0.1) is 0 Å². The normalized spacial score (nSPS) is 26.2. The number of hydrogen-bond acceptors (Lipinski definition) is 5. The lowest BCUT2D eigenvalue weighted by Crippen LogP contribution is -2.30. The lowest BCUT2D eigenvalue weighted by atomic mass is 9.88. The summed E-state index contributed by atoms with van der Waals surface area (Å²) < 4.78 is 0. The average Bonchev–Trinajstić information content (AvgIpc) is 3.12. The number of likely N-dealkylation sites (tertiary alicyclic amines) is 1. The molecule has 0 spiro atoms. The van der Waals surface area contributed by atoms with Crippen LogP contribution < -0.4 is 10.6 Å². The largest absolute Gasteiger partial charge is 0.368 e. The Hall–Kier alpha value is -2.14. The molecular weight excluding hydrogens is 310 g/mol. The van der Waals surface area contributed by atoms with Crippen LogP contribution in [0.15, 0.2) is 30.5 Å². The number of nitrogen functional groups attached to an aromatic ring is 1. The van der Waals surface area contributed by atoms with Crippen molar-refractivity contribution in [1.29, 1.82) is 0 Å². The molecule has 1 aromatic carbocycles. The van der Waals surface area contributed by atoms with Crippen molar-refractivity contribution in [3.63, 3.8) is 0 Å². The van der Waals surface area contributed by atoms with Crippen LogP contribution in [0.2, 0.25) is 0 Å². The summed E-state index contributed by atoms with van der Waals surface area (Å²) in [6.07, 6.45) is 2.82. The number of hydrogen-bond donors (Lipinski definition) is 1. The van der Waals surface area contributed by atoms with E-state index in [1.807, 2.05) is 6.20 Å². The van der Waals surface area contributed by atoms with Gasteiger partial charge in [-0.3, -0.25) is 4.90 Å². The molecule has 0 aliphatic carbocycles. The fraction of sp³-hybridized carbons (Fsp3) is 0.500. The van der Waals surface area contributed by atoms with Crippen molar-refractivity contribution in [3.8, 4) is 0 Å². The van der Waals surface area contributed by atoms with Crippen LogP contribution >= 0.6 is 0 Å². The first-order valence-corrected chi connectivity index (χ1v) is 9.20. The Labute approximate surface area is 149 Å². The van der Waals surface area contributed by atoms with E-state index in [9.17, 15) is 0 Å². The Balaban J connectivity index is 1.64. The monoisotopic (exact) mass is 337 g/mol. The van der Waals surface area contributed by atoms with Gasteiger partial charge in [0.1, 0.15) is 5.82 Å². The quantitative estimate of drug-likeness (QED) is 0.933. The molecule has 2 aliphatic heterocycles. The molecule has 0 radical (unpaired) electrons. The van der Waals surface area contributed by atoms with Gasteiger partial charge < -0.3 is 10.6 Å². The average molecular weight is 337 g/mol. The van der Waals surface area contributed by atoms with Crippen LogP contribution in [0.1, 0.15) is 29.7 Å². The first kappa shape index (κ1) is 16.3. The van der Waals surface area contributed by atoms with E-state index < -0.39 is 0 Å². The topological polar surface area (TPSA) is 58.3 Å². The van der Waals surface area contributed by atoms with Crippen molar-refractivity contribution >= 4 is 11.8 Å². The van der Waals surface area contributed by atoms with E-state index in [-0.39, 0.29) is 0 Å². The molecule has 5 nitrogen and oxygen atoms in total. The summed E-state index contributed by atoms with van der Waals surface area (Å²) in [6, 6.07) is 9.30. The Kier molecular flexibility index (Phi) is 4.12. The molecule has 2 aromatic rings. The van der Waals surface area contributed by atoms with E-state index >= 15 is 0 Å². The standard InChI is InChI=1S/C20H27N5/c1-4-14-9-22-20(21)23-19(14)25-11-15-10-24(3)18(17(15)12-25)16-8-6-5-7-13(16)2/h5-9,15,17-18H,4,10-12H2,1-3H3,(H2,21,22,23)/t15-,17+,18+/m0/s1. The van der Waals surface area contributed by atoms with E-state index in [2.05, 4.69) is 64.9 Å². The Bertz CT molecular complexity index is 774. The van der Waals surface area contributed by atoms with Gasteiger partial charge in [0.25, 0.3) is 0 Å². The summed E-state index contributed by atoms with van der Waals surface area (Å²) in [4.78, 5) is 13.7. The van der Waals surface area contributed by atoms with Crippen LogP contribution in [0.3, 0.4) is 0 Å². The first-order valence-electron chi connectivity index (χ1n) is 9.20. The van der Waals surface area contributed by atoms with Crippen LogP contribution in [0, 0.1) is 18.8 Å². The highest BCUT2D eigenvalue weighted by Gasteiger charge is 2.47. The zero-order chi connectivity index (χ0) is 17.6. The highest BCUT2D eigenvalue weighted by Crippen LogP contribution is 2.45. The van der Waals surface area contributed by atoms with Crippen molar-refractivity contribution in [2.45, 2.75) is 26.3 Å². The van der Waals surface area contributed by atoms with Gasteiger partial charge in [-0.15, -0.1) is 0 Å². The van der Waals surface area contributed by atoms with Crippen LogP contribution in [0.4, 0.5) is 11.8 Å². The lowest BCUT2D eigenvalue weighted by molar-refractivity contribution is 0.279. The SMILES string of the molecule is CCc1cnc(N)nc1N1C[C@@H]2CN(C)[C@H](c3ccccc3C)[C@@H]2C1. The summed E-state index contributed by atoms with van der Waals surface area (Å²) >= 11 is 0. The lowest BCUT2D eigenvalue weighted by Gasteiger charge is -2.29. The van der Waals surface area contributed by atoms with Crippen molar-refractivity contribution in [3.05, 3.63) is 47.2 Å².